The molecule has 0 aliphatic heterocycles. The minimum Gasteiger partial charge on any atom is -0.288 e. The lowest BCUT2D eigenvalue weighted by atomic mass is 10.1. The van der Waals surface area contributed by atoms with Crippen LogP contribution in [0.3, 0.4) is 0 Å². The zero-order valence-electron chi connectivity index (χ0n) is 11.0. The molecule has 0 aliphatic carbocycles. The third-order valence-corrected chi connectivity index (χ3v) is 3.91. The van der Waals surface area contributed by atoms with E-state index in [1.807, 2.05) is 0 Å². The number of halogens is 3. The van der Waals surface area contributed by atoms with Gasteiger partial charge in [0.2, 0.25) is 5.95 Å². The summed E-state index contributed by atoms with van der Waals surface area (Å²) < 4.78 is 0. The molecule has 1 aromatic carbocycles. The first kappa shape index (κ1) is 15.8. The Bertz CT molecular complexity index is 772. The van der Waals surface area contributed by atoms with Crippen LogP contribution in [-0.2, 0) is 0 Å². The number of anilines is 1. The number of hydrogen-bond donors (Lipinski definition) is 2. The minimum absolute atomic E-state index is 0.126. The lowest BCUT2D eigenvalue weighted by Gasteiger charge is -2.07. The maximum Gasteiger partial charge on any atom is 0.274 e. The molecule has 0 aliphatic rings. The van der Waals surface area contributed by atoms with Gasteiger partial charge in [-0.15, -0.1) is 10.2 Å². The number of aryl methyl sites for hydroxylation is 1. The van der Waals surface area contributed by atoms with Gasteiger partial charge in [-0.2, -0.15) is 5.10 Å². The molecule has 0 bridgehead atoms. The van der Waals surface area contributed by atoms with Gasteiger partial charge in [0.05, 0.1) is 20.8 Å². The van der Waals surface area contributed by atoms with Crippen LogP contribution in [0.4, 0.5) is 5.95 Å². The average Bonchev–Trinajstić information content (AvgIpc) is 2.46. The van der Waals surface area contributed by atoms with E-state index < -0.39 is 0 Å². The standard InChI is InChI=1S/C12H10Cl3N5O/c1-5(7-3-4-8(13)10(15)9(7)14)17-19-12-16-11(21)6(2)18-20-12/h3-4H,1-2H3,(H2,16,19,20,21)/b17-5-. The zero-order valence-corrected chi connectivity index (χ0v) is 13.3. The van der Waals surface area contributed by atoms with Gasteiger partial charge in [-0.05, 0) is 19.9 Å². The van der Waals surface area contributed by atoms with E-state index in [9.17, 15) is 4.79 Å². The van der Waals surface area contributed by atoms with Crippen molar-refractivity contribution in [2.45, 2.75) is 13.8 Å². The van der Waals surface area contributed by atoms with E-state index in [4.69, 9.17) is 34.8 Å². The minimum atomic E-state index is -0.340. The van der Waals surface area contributed by atoms with Crippen LogP contribution >= 0.6 is 34.8 Å². The summed E-state index contributed by atoms with van der Waals surface area (Å²) in [6.45, 7) is 3.28. The monoisotopic (exact) mass is 345 g/mol. The van der Waals surface area contributed by atoms with Crippen LogP contribution in [0.5, 0.6) is 0 Å². The molecule has 0 unspecified atom stereocenters. The van der Waals surface area contributed by atoms with E-state index in [1.165, 1.54) is 0 Å². The Hall–Kier alpha value is -1.63. The fourth-order valence-electron chi connectivity index (χ4n) is 1.45. The maximum absolute atomic E-state index is 11.4. The van der Waals surface area contributed by atoms with E-state index in [2.05, 4.69) is 25.7 Å². The Labute approximate surface area is 135 Å². The fraction of sp³-hybridized carbons (Fsp3) is 0.167. The largest absolute Gasteiger partial charge is 0.288 e. The van der Waals surface area contributed by atoms with Crippen LogP contribution < -0.4 is 11.0 Å². The second-order valence-corrected chi connectivity index (χ2v) is 5.28. The third-order valence-electron chi connectivity index (χ3n) is 2.62. The lowest BCUT2D eigenvalue weighted by molar-refractivity contribution is 0.897. The Balaban J connectivity index is 2.27. The van der Waals surface area contributed by atoms with Gasteiger partial charge in [0.15, 0.2) is 0 Å². The molecule has 0 atom stereocenters. The second kappa shape index (κ2) is 6.43. The number of aromatic amines is 1. The Morgan fingerprint density at radius 2 is 1.95 bits per heavy atom. The normalized spacial score (nSPS) is 11.6. The second-order valence-electron chi connectivity index (χ2n) is 4.12. The summed E-state index contributed by atoms with van der Waals surface area (Å²) in [6.07, 6.45) is 0. The number of H-pyrrole nitrogens is 1. The molecule has 2 aromatic rings. The van der Waals surface area contributed by atoms with Crippen molar-refractivity contribution in [2.75, 3.05) is 5.43 Å². The van der Waals surface area contributed by atoms with Crippen molar-refractivity contribution in [1.82, 2.24) is 15.2 Å². The Morgan fingerprint density at radius 3 is 2.62 bits per heavy atom. The van der Waals surface area contributed by atoms with Crippen molar-refractivity contribution in [1.29, 1.82) is 0 Å². The highest BCUT2D eigenvalue weighted by atomic mass is 35.5. The van der Waals surface area contributed by atoms with Gasteiger partial charge in [-0.3, -0.25) is 9.78 Å². The molecule has 6 nitrogen and oxygen atoms in total. The number of aromatic nitrogens is 3. The summed E-state index contributed by atoms with van der Waals surface area (Å²) in [5, 5.41) is 12.4. The third kappa shape index (κ3) is 3.53. The maximum atomic E-state index is 11.4. The summed E-state index contributed by atoms with van der Waals surface area (Å²) in [5.74, 6) is 0.126. The van der Waals surface area contributed by atoms with Crippen LogP contribution in [0.2, 0.25) is 15.1 Å². The molecular weight excluding hydrogens is 337 g/mol. The Kier molecular flexibility index (Phi) is 4.82. The van der Waals surface area contributed by atoms with Crippen molar-refractivity contribution < 1.29 is 0 Å². The van der Waals surface area contributed by atoms with E-state index >= 15 is 0 Å². The number of nitrogens with one attached hydrogen (secondary N) is 2. The first-order valence-corrected chi connectivity index (χ1v) is 6.91. The number of rotatable bonds is 3. The molecule has 1 aromatic heterocycles. The number of nitrogens with zero attached hydrogens (tertiary/aromatic N) is 3. The van der Waals surface area contributed by atoms with E-state index in [0.717, 1.165) is 0 Å². The molecule has 2 N–H and O–H groups in total. The van der Waals surface area contributed by atoms with Gasteiger partial charge in [-0.25, -0.2) is 5.43 Å². The first-order chi connectivity index (χ1) is 9.90. The molecule has 0 radical (unpaired) electrons. The summed E-state index contributed by atoms with van der Waals surface area (Å²) in [6, 6.07) is 3.32. The molecule has 110 valence electrons. The van der Waals surface area contributed by atoms with Gasteiger partial charge < -0.3 is 0 Å². The number of hydrogen-bond acceptors (Lipinski definition) is 5. The molecule has 9 heteroatoms. The highest BCUT2D eigenvalue weighted by molar-refractivity contribution is 6.49. The zero-order chi connectivity index (χ0) is 15.6. The Morgan fingerprint density at radius 1 is 1.24 bits per heavy atom. The van der Waals surface area contributed by atoms with Gasteiger partial charge in [-0.1, -0.05) is 40.9 Å². The van der Waals surface area contributed by atoms with E-state index in [-0.39, 0.29) is 22.2 Å². The molecule has 21 heavy (non-hydrogen) atoms. The van der Waals surface area contributed by atoms with Crippen molar-refractivity contribution >= 4 is 46.5 Å². The van der Waals surface area contributed by atoms with Crippen molar-refractivity contribution in [3.8, 4) is 0 Å². The van der Waals surface area contributed by atoms with Gasteiger partial charge in [0.1, 0.15) is 5.69 Å². The quantitative estimate of drug-likeness (QED) is 0.507. The molecule has 0 spiro atoms. The molecule has 0 amide bonds. The van der Waals surface area contributed by atoms with Crippen molar-refractivity contribution in [3.63, 3.8) is 0 Å². The predicted octanol–water partition coefficient (Wildman–Crippen LogP) is 3.27. The van der Waals surface area contributed by atoms with Gasteiger partial charge in [0, 0.05) is 5.56 Å². The molecule has 1 heterocycles. The van der Waals surface area contributed by atoms with Crippen molar-refractivity contribution in [3.05, 3.63) is 48.8 Å². The van der Waals surface area contributed by atoms with Crippen LogP contribution in [0.15, 0.2) is 22.0 Å². The van der Waals surface area contributed by atoms with Gasteiger partial charge >= 0.3 is 0 Å². The molecule has 0 saturated heterocycles. The first-order valence-electron chi connectivity index (χ1n) is 5.78. The summed E-state index contributed by atoms with van der Waals surface area (Å²) >= 11 is 17.9. The number of hydrazone groups is 1. The van der Waals surface area contributed by atoms with Crippen LogP contribution in [0, 0.1) is 6.92 Å². The molecule has 0 saturated carbocycles. The molecule has 0 fully saturated rings. The lowest BCUT2D eigenvalue weighted by Crippen LogP contribution is -2.16. The fourth-order valence-corrected chi connectivity index (χ4v) is 2.12. The SMILES string of the molecule is C/C(=N/Nc1nnc(C)c(=O)[nH]1)c1ccc(Cl)c(Cl)c1Cl. The van der Waals surface area contributed by atoms with Crippen LogP contribution in [0.1, 0.15) is 18.2 Å². The highest BCUT2D eigenvalue weighted by Crippen LogP contribution is 2.32. The summed E-state index contributed by atoms with van der Waals surface area (Å²) in [7, 11) is 0. The predicted molar refractivity (Wildman–Crippen MR) is 84.7 cm³/mol. The van der Waals surface area contributed by atoms with E-state index in [0.29, 0.717) is 21.3 Å². The van der Waals surface area contributed by atoms with E-state index in [1.54, 1.807) is 26.0 Å². The smallest absolute Gasteiger partial charge is 0.274 e. The topological polar surface area (TPSA) is 83.0 Å². The summed E-state index contributed by atoms with van der Waals surface area (Å²) in [5.41, 5.74) is 3.68. The molecular formula is C12H10Cl3N5O. The van der Waals surface area contributed by atoms with Gasteiger partial charge in [0.25, 0.3) is 5.56 Å². The summed E-state index contributed by atoms with van der Waals surface area (Å²) in [4.78, 5) is 13.9. The van der Waals surface area contributed by atoms with Crippen LogP contribution in [-0.4, -0.2) is 20.9 Å². The molecule has 2 rings (SSSR count). The average molecular weight is 347 g/mol. The van der Waals surface area contributed by atoms with Crippen molar-refractivity contribution in [2.24, 2.45) is 5.10 Å². The van der Waals surface area contributed by atoms with Crippen LogP contribution in [0.25, 0.3) is 0 Å². The highest BCUT2D eigenvalue weighted by Gasteiger charge is 2.11. The number of benzene rings is 1.